The molecule has 0 unspecified atom stereocenters. The van der Waals surface area contributed by atoms with Gasteiger partial charge in [-0.15, -0.1) is 0 Å². The van der Waals surface area contributed by atoms with Crippen LogP contribution in [0, 0.1) is 6.92 Å². The van der Waals surface area contributed by atoms with Gasteiger partial charge < -0.3 is 9.32 Å². The zero-order valence-corrected chi connectivity index (χ0v) is 8.16. The van der Waals surface area contributed by atoms with Crippen LogP contribution in [-0.2, 0) is 0 Å². The van der Waals surface area contributed by atoms with E-state index in [0.717, 1.165) is 5.58 Å². The van der Waals surface area contributed by atoms with Gasteiger partial charge in [-0.25, -0.2) is 0 Å². The minimum absolute atomic E-state index is 0.962. The van der Waals surface area contributed by atoms with Gasteiger partial charge in [0.25, 0.3) is 0 Å². The SMILES string of the molecule is Cc1coc2cc(N(C)C)ccc12. The molecule has 0 fully saturated rings. The van der Waals surface area contributed by atoms with Gasteiger partial charge in [0.15, 0.2) is 0 Å². The minimum atomic E-state index is 0.962. The molecule has 0 amide bonds. The van der Waals surface area contributed by atoms with Gasteiger partial charge in [-0.1, -0.05) is 0 Å². The zero-order chi connectivity index (χ0) is 9.42. The smallest absolute Gasteiger partial charge is 0.136 e. The topological polar surface area (TPSA) is 16.4 Å². The second kappa shape index (κ2) is 2.80. The zero-order valence-electron chi connectivity index (χ0n) is 8.16. The molecule has 0 spiro atoms. The first-order valence-electron chi connectivity index (χ1n) is 4.33. The van der Waals surface area contributed by atoms with Crippen LogP contribution in [0.4, 0.5) is 5.69 Å². The van der Waals surface area contributed by atoms with Crippen molar-refractivity contribution >= 4 is 16.7 Å². The van der Waals surface area contributed by atoms with E-state index in [4.69, 9.17) is 4.42 Å². The molecule has 0 aliphatic heterocycles. The van der Waals surface area contributed by atoms with Crippen molar-refractivity contribution in [2.45, 2.75) is 6.92 Å². The van der Waals surface area contributed by atoms with Gasteiger partial charge in [0.2, 0.25) is 0 Å². The summed E-state index contributed by atoms with van der Waals surface area (Å²) in [6.45, 7) is 2.06. The monoisotopic (exact) mass is 175 g/mol. The fourth-order valence-electron chi connectivity index (χ4n) is 1.43. The Kier molecular flexibility index (Phi) is 1.76. The maximum atomic E-state index is 5.41. The van der Waals surface area contributed by atoms with Crippen LogP contribution in [0.1, 0.15) is 5.56 Å². The maximum Gasteiger partial charge on any atom is 0.136 e. The van der Waals surface area contributed by atoms with E-state index in [1.165, 1.54) is 16.6 Å². The van der Waals surface area contributed by atoms with Crippen LogP contribution in [0.15, 0.2) is 28.9 Å². The Hall–Kier alpha value is -1.44. The predicted molar refractivity (Wildman–Crippen MR) is 55.3 cm³/mol. The molecule has 0 N–H and O–H groups in total. The number of benzene rings is 1. The highest BCUT2D eigenvalue weighted by molar-refractivity contribution is 5.84. The number of aryl methyl sites for hydroxylation is 1. The summed E-state index contributed by atoms with van der Waals surface area (Å²) in [5.41, 5.74) is 3.32. The Bertz CT molecular complexity index is 429. The second-order valence-electron chi connectivity index (χ2n) is 3.49. The largest absolute Gasteiger partial charge is 0.464 e. The summed E-state index contributed by atoms with van der Waals surface area (Å²) in [6, 6.07) is 6.26. The lowest BCUT2D eigenvalue weighted by atomic mass is 10.2. The summed E-state index contributed by atoms with van der Waals surface area (Å²) in [5, 5.41) is 1.20. The van der Waals surface area contributed by atoms with Crippen LogP contribution >= 0.6 is 0 Å². The first-order valence-corrected chi connectivity index (χ1v) is 4.33. The molecule has 0 saturated heterocycles. The average molecular weight is 175 g/mol. The first kappa shape index (κ1) is 8.17. The van der Waals surface area contributed by atoms with E-state index in [-0.39, 0.29) is 0 Å². The summed E-state index contributed by atoms with van der Waals surface area (Å²) in [6.07, 6.45) is 1.80. The number of fused-ring (bicyclic) bond motifs is 1. The third kappa shape index (κ3) is 1.28. The average Bonchev–Trinajstić information content (AvgIpc) is 2.47. The molecule has 1 aromatic heterocycles. The molecule has 0 atom stereocenters. The Morgan fingerprint density at radius 3 is 2.69 bits per heavy atom. The van der Waals surface area contributed by atoms with Crippen LogP contribution in [0.2, 0.25) is 0 Å². The van der Waals surface area contributed by atoms with E-state index in [1.807, 2.05) is 14.1 Å². The van der Waals surface area contributed by atoms with Crippen molar-refractivity contribution in [1.82, 2.24) is 0 Å². The van der Waals surface area contributed by atoms with Crippen molar-refractivity contribution in [3.05, 3.63) is 30.0 Å². The number of hydrogen-bond acceptors (Lipinski definition) is 2. The van der Waals surface area contributed by atoms with Gasteiger partial charge in [-0.2, -0.15) is 0 Å². The number of anilines is 1. The third-order valence-electron chi connectivity index (χ3n) is 2.27. The molecule has 0 saturated carbocycles. The van der Waals surface area contributed by atoms with Gasteiger partial charge >= 0.3 is 0 Å². The van der Waals surface area contributed by atoms with Crippen LogP contribution < -0.4 is 4.90 Å². The summed E-state index contributed by atoms with van der Waals surface area (Å²) < 4.78 is 5.41. The molecule has 2 rings (SSSR count). The van der Waals surface area contributed by atoms with Crippen molar-refractivity contribution < 1.29 is 4.42 Å². The van der Waals surface area contributed by atoms with E-state index < -0.39 is 0 Å². The molecule has 0 radical (unpaired) electrons. The molecule has 68 valence electrons. The Morgan fingerprint density at radius 1 is 1.23 bits per heavy atom. The number of rotatable bonds is 1. The Morgan fingerprint density at radius 2 is 2.00 bits per heavy atom. The van der Waals surface area contributed by atoms with Gasteiger partial charge in [-0.3, -0.25) is 0 Å². The molecular weight excluding hydrogens is 162 g/mol. The quantitative estimate of drug-likeness (QED) is 0.662. The van der Waals surface area contributed by atoms with Crippen molar-refractivity contribution in [3.63, 3.8) is 0 Å². The van der Waals surface area contributed by atoms with E-state index in [9.17, 15) is 0 Å². The van der Waals surface area contributed by atoms with Crippen molar-refractivity contribution in [3.8, 4) is 0 Å². The fraction of sp³-hybridized carbons (Fsp3) is 0.273. The van der Waals surface area contributed by atoms with Crippen LogP contribution in [0.3, 0.4) is 0 Å². The Labute approximate surface area is 77.8 Å². The minimum Gasteiger partial charge on any atom is -0.464 e. The lowest BCUT2D eigenvalue weighted by Gasteiger charge is -2.11. The van der Waals surface area contributed by atoms with E-state index in [2.05, 4.69) is 30.0 Å². The van der Waals surface area contributed by atoms with Crippen molar-refractivity contribution in [1.29, 1.82) is 0 Å². The molecule has 2 heteroatoms. The standard InChI is InChI=1S/C11H13NO/c1-8-7-13-11-6-9(12(2)3)4-5-10(8)11/h4-7H,1-3H3. The fourth-order valence-corrected chi connectivity index (χ4v) is 1.43. The Balaban J connectivity index is 2.63. The van der Waals surface area contributed by atoms with Crippen LogP contribution in [-0.4, -0.2) is 14.1 Å². The highest BCUT2D eigenvalue weighted by Crippen LogP contribution is 2.24. The second-order valence-corrected chi connectivity index (χ2v) is 3.49. The van der Waals surface area contributed by atoms with Crippen LogP contribution in [0.5, 0.6) is 0 Å². The number of furan rings is 1. The van der Waals surface area contributed by atoms with Crippen molar-refractivity contribution in [2.75, 3.05) is 19.0 Å². The highest BCUT2D eigenvalue weighted by atomic mass is 16.3. The highest BCUT2D eigenvalue weighted by Gasteiger charge is 2.03. The van der Waals surface area contributed by atoms with Gasteiger partial charge in [0.1, 0.15) is 5.58 Å². The van der Waals surface area contributed by atoms with E-state index >= 15 is 0 Å². The van der Waals surface area contributed by atoms with Crippen molar-refractivity contribution in [2.24, 2.45) is 0 Å². The molecule has 2 aromatic rings. The molecule has 1 heterocycles. The molecule has 0 aliphatic carbocycles. The summed E-state index contributed by atoms with van der Waals surface area (Å²) >= 11 is 0. The lowest BCUT2D eigenvalue weighted by molar-refractivity contribution is 0.613. The number of hydrogen-bond donors (Lipinski definition) is 0. The lowest BCUT2D eigenvalue weighted by Crippen LogP contribution is -2.07. The molecule has 2 nitrogen and oxygen atoms in total. The molecule has 1 aromatic carbocycles. The van der Waals surface area contributed by atoms with E-state index in [1.54, 1.807) is 6.26 Å². The summed E-state index contributed by atoms with van der Waals surface area (Å²) in [5.74, 6) is 0. The predicted octanol–water partition coefficient (Wildman–Crippen LogP) is 2.81. The van der Waals surface area contributed by atoms with Gasteiger partial charge in [0, 0.05) is 31.2 Å². The summed E-state index contributed by atoms with van der Waals surface area (Å²) in [4.78, 5) is 2.07. The van der Waals surface area contributed by atoms with Gasteiger partial charge in [-0.05, 0) is 24.6 Å². The first-order chi connectivity index (χ1) is 6.18. The van der Waals surface area contributed by atoms with Gasteiger partial charge in [0.05, 0.1) is 6.26 Å². The molecule has 13 heavy (non-hydrogen) atoms. The third-order valence-corrected chi connectivity index (χ3v) is 2.27. The van der Waals surface area contributed by atoms with Crippen LogP contribution in [0.25, 0.3) is 11.0 Å². The summed E-state index contributed by atoms with van der Waals surface area (Å²) in [7, 11) is 4.05. The maximum absolute atomic E-state index is 5.41. The molecular formula is C11H13NO. The number of nitrogens with zero attached hydrogens (tertiary/aromatic N) is 1. The molecule has 0 bridgehead atoms. The normalized spacial score (nSPS) is 10.7. The van der Waals surface area contributed by atoms with E-state index in [0.29, 0.717) is 0 Å². The molecule has 0 aliphatic rings.